The Kier molecular flexibility index (Phi) is 6.99. The first-order valence-electron chi connectivity index (χ1n) is 8.14. The average molecular weight is 341 g/mol. The molecule has 0 aromatic heterocycles. The molecule has 2 amide bonds. The van der Waals surface area contributed by atoms with Gasteiger partial charge in [-0.15, -0.1) is 0 Å². The van der Waals surface area contributed by atoms with Gasteiger partial charge in [-0.05, 0) is 62.8 Å². The van der Waals surface area contributed by atoms with Crippen LogP contribution in [0.1, 0.15) is 32.6 Å². The van der Waals surface area contributed by atoms with Crippen molar-refractivity contribution in [2.45, 2.75) is 44.8 Å². The molecule has 0 aliphatic heterocycles. The van der Waals surface area contributed by atoms with E-state index in [-0.39, 0.29) is 24.8 Å². The zero-order valence-electron chi connectivity index (χ0n) is 13.4. The van der Waals surface area contributed by atoms with Gasteiger partial charge >= 0.3 is 6.03 Å². The Balaban J connectivity index is 1.64. The van der Waals surface area contributed by atoms with E-state index in [2.05, 4.69) is 10.6 Å². The van der Waals surface area contributed by atoms with Gasteiger partial charge in [0, 0.05) is 17.7 Å². The van der Waals surface area contributed by atoms with Gasteiger partial charge in [0.1, 0.15) is 11.9 Å². The fraction of sp³-hybridized carbons (Fsp3) is 0.588. The van der Waals surface area contributed by atoms with E-state index in [1.165, 1.54) is 0 Å². The number of amides is 2. The Morgan fingerprint density at radius 2 is 1.96 bits per heavy atom. The Morgan fingerprint density at radius 1 is 1.30 bits per heavy atom. The zero-order chi connectivity index (χ0) is 16.7. The van der Waals surface area contributed by atoms with E-state index in [4.69, 9.17) is 21.4 Å². The standard InChI is InChI=1S/C17H25ClN2O3/c1-12(23-16-8-4-14(18)5-9-16)10-19-17(22)20-15-6-2-13(11-21)3-7-15/h4-5,8-9,12-13,15,21H,2-3,6-7,10-11H2,1H3,(H2,19,20,22). The number of aliphatic hydroxyl groups excluding tert-OH is 1. The molecule has 1 saturated carbocycles. The third-order valence-corrected chi connectivity index (χ3v) is 4.39. The van der Waals surface area contributed by atoms with Crippen molar-refractivity contribution in [2.75, 3.05) is 13.2 Å². The topological polar surface area (TPSA) is 70.6 Å². The maximum Gasteiger partial charge on any atom is 0.315 e. The summed E-state index contributed by atoms with van der Waals surface area (Å²) in [4.78, 5) is 11.9. The number of rotatable bonds is 6. The highest BCUT2D eigenvalue weighted by atomic mass is 35.5. The molecule has 2 rings (SSSR count). The SMILES string of the molecule is CC(CNC(=O)NC1CCC(CO)CC1)Oc1ccc(Cl)cc1. The first-order chi connectivity index (χ1) is 11.1. The molecule has 1 aliphatic carbocycles. The molecule has 6 heteroatoms. The maximum absolute atomic E-state index is 11.9. The lowest BCUT2D eigenvalue weighted by molar-refractivity contribution is 0.173. The molecule has 0 saturated heterocycles. The number of nitrogens with one attached hydrogen (secondary N) is 2. The number of carbonyl (C=O) groups excluding carboxylic acids is 1. The second-order valence-corrected chi connectivity index (χ2v) is 6.57. The molecule has 128 valence electrons. The molecule has 0 bridgehead atoms. The molecular formula is C17H25ClN2O3. The smallest absolute Gasteiger partial charge is 0.315 e. The minimum absolute atomic E-state index is 0.132. The number of aliphatic hydroxyl groups is 1. The number of benzene rings is 1. The lowest BCUT2D eigenvalue weighted by Gasteiger charge is -2.28. The number of ether oxygens (including phenoxy) is 1. The van der Waals surface area contributed by atoms with Gasteiger partial charge in [-0.1, -0.05) is 11.6 Å². The van der Waals surface area contributed by atoms with Crippen LogP contribution >= 0.6 is 11.6 Å². The monoisotopic (exact) mass is 340 g/mol. The number of hydrogen-bond acceptors (Lipinski definition) is 3. The van der Waals surface area contributed by atoms with Crippen LogP contribution < -0.4 is 15.4 Å². The number of halogens is 1. The van der Waals surface area contributed by atoms with Gasteiger partial charge in [0.2, 0.25) is 0 Å². The summed E-state index contributed by atoms with van der Waals surface area (Å²) in [6, 6.07) is 7.19. The molecule has 1 aliphatic rings. The van der Waals surface area contributed by atoms with Crippen molar-refractivity contribution in [3.05, 3.63) is 29.3 Å². The van der Waals surface area contributed by atoms with E-state index < -0.39 is 0 Å². The van der Waals surface area contributed by atoms with Crippen LogP contribution in [0.25, 0.3) is 0 Å². The van der Waals surface area contributed by atoms with Gasteiger partial charge in [-0.2, -0.15) is 0 Å². The van der Waals surface area contributed by atoms with E-state index in [1.54, 1.807) is 24.3 Å². The fourth-order valence-corrected chi connectivity index (χ4v) is 2.88. The Bertz CT molecular complexity index is 487. The maximum atomic E-state index is 11.9. The van der Waals surface area contributed by atoms with Gasteiger partial charge in [0.15, 0.2) is 0 Å². The first-order valence-corrected chi connectivity index (χ1v) is 8.52. The van der Waals surface area contributed by atoms with E-state index in [1.807, 2.05) is 6.92 Å². The lowest BCUT2D eigenvalue weighted by Crippen LogP contribution is -2.46. The Hall–Kier alpha value is -1.46. The summed E-state index contributed by atoms with van der Waals surface area (Å²) in [5.74, 6) is 1.12. The van der Waals surface area contributed by atoms with Gasteiger partial charge in [0.25, 0.3) is 0 Å². The van der Waals surface area contributed by atoms with Crippen LogP contribution in [0.5, 0.6) is 5.75 Å². The third kappa shape index (κ3) is 6.28. The Labute approximate surface area is 142 Å². The van der Waals surface area contributed by atoms with Crippen molar-refractivity contribution in [2.24, 2.45) is 5.92 Å². The summed E-state index contributed by atoms with van der Waals surface area (Å²) < 4.78 is 5.71. The predicted molar refractivity (Wildman–Crippen MR) is 90.9 cm³/mol. The molecule has 1 fully saturated rings. The summed E-state index contributed by atoms with van der Waals surface area (Å²) in [5.41, 5.74) is 0. The minimum atomic E-state index is -0.163. The Morgan fingerprint density at radius 3 is 2.57 bits per heavy atom. The van der Waals surface area contributed by atoms with Crippen LogP contribution in [0.4, 0.5) is 4.79 Å². The van der Waals surface area contributed by atoms with E-state index in [0.717, 1.165) is 31.4 Å². The average Bonchev–Trinajstić information content (AvgIpc) is 2.56. The highest BCUT2D eigenvalue weighted by molar-refractivity contribution is 6.30. The zero-order valence-corrected chi connectivity index (χ0v) is 14.2. The molecule has 1 aromatic carbocycles. The van der Waals surface area contributed by atoms with Crippen molar-refractivity contribution in [1.82, 2.24) is 10.6 Å². The van der Waals surface area contributed by atoms with Gasteiger partial charge in [0.05, 0.1) is 6.54 Å². The molecule has 23 heavy (non-hydrogen) atoms. The summed E-state index contributed by atoms with van der Waals surface area (Å²) in [6.45, 7) is 2.58. The van der Waals surface area contributed by atoms with Crippen LogP contribution in [0.15, 0.2) is 24.3 Å². The van der Waals surface area contributed by atoms with Crippen molar-refractivity contribution >= 4 is 17.6 Å². The second-order valence-electron chi connectivity index (χ2n) is 6.14. The molecule has 1 aromatic rings. The quantitative estimate of drug-likeness (QED) is 0.745. The highest BCUT2D eigenvalue weighted by Crippen LogP contribution is 2.23. The number of urea groups is 1. The molecule has 0 heterocycles. The third-order valence-electron chi connectivity index (χ3n) is 4.14. The summed E-state index contributed by atoms with van der Waals surface area (Å²) >= 11 is 5.83. The van der Waals surface area contributed by atoms with Crippen LogP contribution in [0.3, 0.4) is 0 Å². The lowest BCUT2D eigenvalue weighted by atomic mass is 9.87. The van der Waals surface area contributed by atoms with E-state index in [9.17, 15) is 4.79 Å². The molecule has 1 unspecified atom stereocenters. The largest absolute Gasteiger partial charge is 0.489 e. The van der Waals surface area contributed by atoms with Crippen LogP contribution in [-0.4, -0.2) is 36.4 Å². The molecule has 1 atom stereocenters. The normalized spacial score (nSPS) is 22.2. The molecule has 5 nitrogen and oxygen atoms in total. The van der Waals surface area contributed by atoms with Crippen LogP contribution in [-0.2, 0) is 0 Å². The van der Waals surface area contributed by atoms with E-state index >= 15 is 0 Å². The molecule has 3 N–H and O–H groups in total. The van der Waals surface area contributed by atoms with Crippen LogP contribution in [0.2, 0.25) is 5.02 Å². The summed E-state index contributed by atoms with van der Waals surface area (Å²) in [7, 11) is 0. The van der Waals surface area contributed by atoms with Crippen molar-refractivity contribution < 1.29 is 14.6 Å². The molecular weight excluding hydrogens is 316 g/mol. The highest BCUT2D eigenvalue weighted by Gasteiger charge is 2.21. The predicted octanol–water partition coefficient (Wildman–Crippen LogP) is 2.96. The number of carbonyl (C=O) groups is 1. The molecule has 0 spiro atoms. The van der Waals surface area contributed by atoms with Gasteiger partial charge in [-0.25, -0.2) is 4.79 Å². The second kappa shape index (κ2) is 8.99. The van der Waals surface area contributed by atoms with Gasteiger partial charge < -0.3 is 20.5 Å². The fourth-order valence-electron chi connectivity index (χ4n) is 2.75. The van der Waals surface area contributed by atoms with Crippen molar-refractivity contribution in [1.29, 1.82) is 0 Å². The van der Waals surface area contributed by atoms with Crippen LogP contribution in [0, 0.1) is 5.92 Å². The van der Waals surface area contributed by atoms with Crippen molar-refractivity contribution in [3.63, 3.8) is 0 Å². The summed E-state index contributed by atoms with van der Waals surface area (Å²) in [5, 5.41) is 15.6. The molecule has 0 radical (unpaired) electrons. The van der Waals surface area contributed by atoms with Gasteiger partial charge in [-0.3, -0.25) is 0 Å². The first kappa shape index (κ1) is 17.9. The number of hydrogen-bond donors (Lipinski definition) is 3. The minimum Gasteiger partial charge on any atom is -0.489 e. The summed E-state index contributed by atoms with van der Waals surface area (Å²) in [6.07, 6.45) is 3.66. The van der Waals surface area contributed by atoms with E-state index in [0.29, 0.717) is 17.5 Å². The van der Waals surface area contributed by atoms with Crippen molar-refractivity contribution in [3.8, 4) is 5.75 Å².